The molecule has 1 aliphatic rings. The van der Waals surface area contributed by atoms with Crippen LogP contribution < -0.4 is 0 Å². The molecule has 5 heteroatoms. The Morgan fingerprint density at radius 2 is 2.09 bits per heavy atom. The first kappa shape index (κ1) is 14.2. The Labute approximate surface area is 138 Å². The van der Waals surface area contributed by atoms with Gasteiger partial charge in [-0.1, -0.05) is 30.3 Å². The molecule has 0 bridgehead atoms. The largest absolute Gasteiger partial charge is 0.477 e. The number of fused-ring (bicyclic) bond motifs is 3. The predicted octanol–water partition coefficient (Wildman–Crippen LogP) is 3.77. The molecule has 3 aromatic rings. The zero-order valence-electron chi connectivity index (χ0n) is 12.7. The molecule has 0 saturated heterocycles. The van der Waals surface area contributed by atoms with E-state index in [0.717, 1.165) is 34.5 Å². The summed E-state index contributed by atoms with van der Waals surface area (Å²) in [6, 6.07) is 10.2. The third kappa shape index (κ3) is 2.28. The van der Waals surface area contributed by atoms with Crippen LogP contribution in [0.25, 0.3) is 11.3 Å². The molecule has 0 saturated carbocycles. The lowest BCUT2D eigenvalue weighted by molar-refractivity contribution is 0.0701. The molecule has 0 atom stereocenters. The van der Waals surface area contributed by atoms with Crippen molar-refractivity contribution >= 4 is 17.3 Å². The Bertz CT molecular complexity index is 893. The topological polar surface area (TPSA) is 55.1 Å². The van der Waals surface area contributed by atoms with Crippen molar-refractivity contribution in [2.24, 2.45) is 0 Å². The van der Waals surface area contributed by atoms with Gasteiger partial charge in [0.2, 0.25) is 0 Å². The van der Waals surface area contributed by atoms with Gasteiger partial charge in [-0.2, -0.15) is 5.10 Å². The molecule has 0 unspecified atom stereocenters. The first-order chi connectivity index (χ1) is 11.1. The third-order valence-electron chi connectivity index (χ3n) is 4.35. The lowest BCUT2D eigenvalue weighted by Crippen LogP contribution is -2.10. The first-order valence-corrected chi connectivity index (χ1v) is 8.41. The SMILES string of the molecule is Cc1sc(C(=O)O)c2c1-c1c(cnn1Cc1ccccc1)CC2. The van der Waals surface area contributed by atoms with Gasteiger partial charge in [0, 0.05) is 10.4 Å². The fraction of sp³-hybridized carbons (Fsp3) is 0.222. The minimum atomic E-state index is -0.822. The van der Waals surface area contributed by atoms with E-state index in [4.69, 9.17) is 0 Å². The van der Waals surface area contributed by atoms with Crippen molar-refractivity contribution in [1.82, 2.24) is 9.78 Å². The molecule has 4 rings (SSSR count). The molecule has 116 valence electrons. The van der Waals surface area contributed by atoms with E-state index >= 15 is 0 Å². The summed E-state index contributed by atoms with van der Waals surface area (Å²) in [5.41, 5.74) is 5.56. The third-order valence-corrected chi connectivity index (χ3v) is 5.48. The summed E-state index contributed by atoms with van der Waals surface area (Å²) in [6.07, 6.45) is 3.57. The molecule has 0 spiro atoms. The molecule has 23 heavy (non-hydrogen) atoms. The van der Waals surface area contributed by atoms with Gasteiger partial charge in [-0.25, -0.2) is 4.79 Å². The van der Waals surface area contributed by atoms with Crippen LogP contribution in [0, 0.1) is 6.92 Å². The lowest BCUT2D eigenvalue weighted by Gasteiger charge is -2.17. The van der Waals surface area contributed by atoms with Gasteiger partial charge >= 0.3 is 5.97 Å². The highest BCUT2D eigenvalue weighted by Gasteiger charge is 2.29. The van der Waals surface area contributed by atoms with E-state index in [-0.39, 0.29) is 0 Å². The Balaban J connectivity index is 1.84. The summed E-state index contributed by atoms with van der Waals surface area (Å²) < 4.78 is 2.01. The Morgan fingerprint density at radius 1 is 1.30 bits per heavy atom. The van der Waals surface area contributed by atoms with Crippen LogP contribution >= 0.6 is 11.3 Å². The van der Waals surface area contributed by atoms with Crippen LogP contribution in [0.2, 0.25) is 0 Å². The van der Waals surface area contributed by atoms with Crippen LogP contribution in [0.15, 0.2) is 36.5 Å². The molecular weight excluding hydrogens is 308 g/mol. The first-order valence-electron chi connectivity index (χ1n) is 7.59. The summed E-state index contributed by atoms with van der Waals surface area (Å²) in [6.45, 7) is 2.71. The normalized spacial score (nSPS) is 12.7. The molecule has 2 aromatic heterocycles. The van der Waals surface area contributed by atoms with Crippen LogP contribution in [0.1, 0.15) is 31.2 Å². The van der Waals surface area contributed by atoms with E-state index in [0.29, 0.717) is 11.4 Å². The van der Waals surface area contributed by atoms with Crippen LogP contribution in [0.3, 0.4) is 0 Å². The fourth-order valence-corrected chi connectivity index (χ4v) is 4.39. The number of aryl methyl sites for hydroxylation is 2. The minimum absolute atomic E-state index is 0.482. The van der Waals surface area contributed by atoms with Crippen molar-refractivity contribution in [2.45, 2.75) is 26.3 Å². The maximum Gasteiger partial charge on any atom is 0.346 e. The highest BCUT2D eigenvalue weighted by molar-refractivity contribution is 7.14. The van der Waals surface area contributed by atoms with Crippen molar-refractivity contribution in [3.05, 3.63) is 63.0 Å². The molecular formula is C18H16N2O2S. The Kier molecular flexibility index (Phi) is 3.31. The zero-order chi connectivity index (χ0) is 16.0. The number of thiophene rings is 1. The predicted molar refractivity (Wildman–Crippen MR) is 90.2 cm³/mol. The van der Waals surface area contributed by atoms with E-state index in [1.54, 1.807) is 0 Å². The maximum atomic E-state index is 11.5. The molecule has 0 fully saturated rings. The quantitative estimate of drug-likeness (QED) is 0.798. The molecule has 0 aliphatic heterocycles. The molecule has 1 aromatic carbocycles. The standard InChI is InChI=1S/C18H16N2O2S/c1-11-15-14(17(23-11)18(21)22)8-7-13-9-19-20(16(13)15)10-12-5-3-2-4-6-12/h2-6,9H,7-8,10H2,1H3,(H,21,22). The minimum Gasteiger partial charge on any atom is -0.477 e. The van der Waals surface area contributed by atoms with Gasteiger partial charge in [-0.05, 0) is 36.5 Å². The zero-order valence-corrected chi connectivity index (χ0v) is 13.6. The number of carbonyl (C=O) groups is 1. The maximum absolute atomic E-state index is 11.5. The van der Waals surface area contributed by atoms with Crippen LogP contribution in [0.4, 0.5) is 0 Å². The number of hydrogen-bond acceptors (Lipinski definition) is 3. The summed E-state index contributed by atoms with van der Waals surface area (Å²) in [5, 5.41) is 14.0. The smallest absolute Gasteiger partial charge is 0.346 e. The number of carboxylic acids is 1. The number of nitrogens with zero attached hydrogens (tertiary/aromatic N) is 2. The van der Waals surface area contributed by atoms with Gasteiger partial charge in [-0.15, -0.1) is 11.3 Å². The van der Waals surface area contributed by atoms with Gasteiger partial charge in [0.25, 0.3) is 0 Å². The summed E-state index contributed by atoms with van der Waals surface area (Å²) in [4.78, 5) is 13.0. The molecule has 0 radical (unpaired) electrons. The summed E-state index contributed by atoms with van der Waals surface area (Å²) in [7, 11) is 0. The number of aromatic nitrogens is 2. The van der Waals surface area contributed by atoms with Crippen molar-refractivity contribution in [1.29, 1.82) is 0 Å². The molecule has 2 heterocycles. The Morgan fingerprint density at radius 3 is 2.83 bits per heavy atom. The van der Waals surface area contributed by atoms with Gasteiger partial charge in [0.15, 0.2) is 0 Å². The van der Waals surface area contributed by atoms with E-state index in [9.17, 15) is 9.90 Å². The molecule has 0 amide bonds. The number of rotatable bonds is 3. The highest BCUT2D eigenvalue weighted by atomic mass is 32.1. The van der Waals surface area contributed by atoms with Gasteiger partial charge < -0.3 is 5.11 Å². The number of carboxylic acid groups (broad SMARTS) is 1. The number of aromatic carboxylic acids is 1. The summed E-state index contributed by atoms with van der Waals surface area (Å²) in [5.74, 6) is -0.822. The molecule has 4 nitrogen and oxygen atoms in total. The summed E-state index contributed by atoms with van der Waals surface area (Å²) >= 11 is 1.38. The monoisotopic (exact) mass is 324 g/mol. The van der Waals surface area contributed by atoms with Crippen molar-refractivity contribution < 1.29 is 9.90 Å². The number of hydrogen-bond donors (Lipinski definition) is 1. The molecule has 1 N–H and O–H groups in total. The molecule has 1 aliphatic carbocycles. The van der Waals surface area contributed by atoms with E-state index < -0.39 is 5.97 Å². The highest BCUT2D eigenvalue weighted by Crippen LogP contribution is 2.42. The van der Waals surface area contributed by atoms with Crippen molar-refractivity contribution in [2.75, 3.05) is 0 Å². The van der Waals surface area contributed by atoms with E-state index in [2.05, 4.69) is 17.2 Å². The Hall–Kier alpha value is -2.40. The van der Waals surface area contributed by atoms with Crippen molar-refractivity contribution in [3.8, 4) is 11.3 Å². The second kappa shape index (κ2) is 5.35. The van der Waals surface area contributed by atoms with Crippen molar-refractivity contribution in [3.63, 3.8) is 0 Å². The second-order valence-electron chi connectivity index (χ2n) is 5.81. The van der Waals surface area contributed by atoms with Gasteiger partial charge in [-0.3, -0.25) is 4.68 Å². The van der Waals surface area contributed by atoms with Crippen LogP contribution in [-0.2, 0) is 19.4 Å². The van der Waals surface area contributed by atoms with Gasteiger partial charge in [0.05, 0.1) is 18.4 Å². The average molecular weight is 324 g/mol. The number of benzene rings is 1. The van der Waals surface area contributed by atoms with E-state index in [1.807, 2.05) is 36.0 Å². The average Bonchev–Trinajstić information content (AvgIpc) is 3.10. The second-order valence-corrected chi connectivity index (χ2v) is 7.03. The van der Waals surface area contributed by atoms with E-state index in [1.165, 1.54) is 22.5 Å². The van der Waals surface area contributed by atoms with Crippen LogP contribution in [0.5, 0.6) is 0 Å². The van der Waals surface area contributed by atoms with Crippen LogP contribution in [-0.4, -0.2) is 20.9 Å². The lowest BCUT2D eigenvalue weighted by atomic mass is 9.90. The van der Waals surface area contributed by atoms with Gasteiger partial charge in [0.1, 0.15) is 4.88 Å². The fourth-order valence-electron chi connectivity index (χ4n) is 3.35.